The second-order valence-electron chi connectivity index (χ2n) is 5.63. The van der Waals surface area contributed by atoms with E-state index in [0.717, 1.165) is 5.56 Å². The van der Waals surface area contributed by atoms with Gasteiger partial charge in [0, 0.05) is 0 Å². The second kappa shape index (κ2) is 7.18. The van der Waals surface area contributed by atoms with Gasteiger partial charge in [0.15, 0.2) is 0 Å². The van der Waals surface area contributed by atoms with Crippen molar-refractivity contribution in [3.63, 3.8) is 0 Å². The fourth-order valence-electron chi connectivity index (χ4n) is 2.50. The average molecular weight is 352 g/mol. The minimum absolute atomic E-state index is 0.170. The topological polar surface area (TPSA) is 98.3 Å². The number of nitrogens with one attached hydrogen (secondary N) is 1. The summed E-state index contributed by atoms with van der Waals surface area (Å²) >= 11 is 0. The van der Waals surface area contributed by atoms with E-state index in [1.165, 1.54) is 31.4 Å². The number of carbonyl (C=O) groups excluding carboxylic acids is 2. The molecule has 7 heteroatoms. The van der Waals surface area contributed by atoms with Crippen LogP contribution in [-0.2, 0) is 16.1 Å². The van der Waals surface area contributed by atoms with Gasteiger partial charge in [0.2, 0.25) is 0 Å². The number of hydrogen-bond donors (Lipinski definition) is 1. The van der Waals surface area contributed by atoms with Gasteiger partial charge in [-0.2, -0.15) is 0 Å². The average Bonchev–Trinajstić information content (AvgIpc) is 2.66. The molecule has 0 fully saturated rings. The number of aromatic amines is 1. The van der Waals surface area contributed by atoms with Crippen LogP contribution in [0.4, 0.5) is 0 Å². The number of fused-ring (bicyclic) bond motifs is 1. The van der Waals surface area contributed by atoms with Crippen LogP contribution in [0.15, 0.2) is 47.3 Å². The third-order valence-electron chi connectivity index (χ3n) is 3.87. The third-order valence-corrected chi connectivity index (χ3v) is 3.87. The van der Waals surface area contributed by atoms with Crippen molar-refractivity contribution in [3.05, 3.63) is 75.3 Å². The van der Waals surface area contributed by atoms with Gasteiger partial charge >= 0.3 is 11.9 Å². The number of carbonyl (C=O) groups is 2. The van der Waals surface area contributed by atoms with Crippen LogP contribution in [0.25, 0.3) is 10.9 Å². The first-order chi connectivity index (χ1) is 12.5. The van der Waals surface area contributed by atoms with Crippen molar-refractivity contribution in [2.24, 2.45) is 0 Å². The van der Waals surface area contributed by atoms with Crippen LogP contribution in [0, 0.1) is 6.92 Å². The molecule has 0 aliphatic rings. The number of ether oxygens (including phenoxy) is 2. The molecule has 3 rings (SSSR count). The minimum atomic E-state index is -0.589. The summed E-state index contributed by atoms with van der Waals surface area (Å²) in [5, 5.41) is 0.485. The lowest BCUT2D eigenvalue weighted by molar-refractivity contribution is 0.0461. The van der Waals surface area contributed by atoms with Crippen molar-refractivity contribution in [2.45, 2.75) is 13.5 Å². The van der Waals surface area contributed by atoms with Crippen molar-refractivity contribution in [1.29, 1.82) is 0 Å². The molecule has 0 aliphatic heterocycles. The normalized spacial score (nSPS) is 10.5. The second-order valence-corrected chi connectivity index (χ2v) is 5.63. The van der Waals surface area contributed by atoms with Crippen molar-refractivity contribution >= 4 is 22.8 Å². The van der Waals surface area contributed by atoms with E-state index >= 15 is 0 Å². The molecule has 1 aromatic heterocycles. The van der Waals surface area contributed by atoms with Gasteiger partial charge in [-0.3, -0.25) is 4.79 Å². The van der Waals surface area contributed by atoms with E-state index in [1.807, 2.05) is 13.0 Å². The van der Waals surface area contributed by atoms with Gasteiger partial charge in [-0.25, -0.2) is 14.6 Å². The standard InChI is InChI=1S/C19H16N2O5/c1-11-4-3-5-14-16(11)20-15(21-17(14)22)10-26-19(24)13-8-6-12(7-9-13)18(23)25-2/h3-9H,10H2,1-2H3,(H,20,21,22). The van der Waals surface area contributed by atoms with Crippen molar-refractivity contribution in [1.82, 2.24) is 9.97 Å². The van der Waals surface area contributed by atoms with Crippen molar-refractivity contribution in [2.75, 3.05) is 7.11 Å². The number of rotatable bonds is 4. The smallest absolute Gasteiger partial charge is 0.338 e. The molecule has 0 atom stereocenters. The Morgan fingerprint density at radius 2 is 1.69 bits per heavy atom. The molecule has 0 unspecified atom stereocenters. The first-order valence-corrected chi connectivity index (χ1v) is 7.83. The Balaban J connectivity index is 1.75. The number of para-hydroxylation sites is 1. The van der Waals surface area contributed by atoms with E-state index in [2.05, 4.69) is 14.7 Å². The fourth-order valence-corrected chi connectivity index (χ4v) is 2.50. The van der Waals surface area contributed by atoms with E-state index in [9.17, 15) is 14.4 Å². The molecular formula is C19H16N2O5. The van der Waals surface area contributed by atoms with Crippen LogP contribution in [-0.4, -0.2) is 29.0 Å². The molecule has 0 aliphatic carbocycles. The molecule has 0 spiro atoms. The zero-order valence-electron chi connectivity index (χ0n) is 14.2. The molecule has 1 heterocycles. The maximum Gasteiger partial charge on any atom is 0.338 e. The van der Waals surface area contributed by atoms with Crippen LogP contribution in [0.1, 0.15) is 32.1 Å². The number of esters is 2. The van der Waals surface area contributed by atoms with Crippen molar-refractivity contribution in [3.8, 4) is 0 Å². The van der Waals surface area contributed by atoms with Crippen LogP contribution in [0.2, 0.25) is 0 Å². The Labute approximate surface area is 148 Å². The summed E-state index contributed by atoms with van der Waals surface area (Å²) < 4.78 is 9.80. The van der Waals surface area contributed by atoms with Crippen molar-refractivity contribution < 1.29 is 19.1 Å². The van der Waals surface area contributed by atoms with E-state index in [4.69, 9.17) is 4.74 Å². The van der Waals surface area contributed by atoms with Crippen LogP contribution in [0.3, 0.4) is 0 Å². The number of aromatic nitrogens is 2. The van der Waals surface area contributed by atoms with E-state index in [0.29, 0.717) is 16.5 Å². The molecule has 0 radical (unpaired) electrons. The molecular weight excluding hydrogens is 336 g/mol. The SMILES string of the molecule is COC(=O)c1ccc(C(=O)OCc2nc3c(C)cccc3c(=O)[nH]2)cc1. The van der Waals surface area contributed by atoms with Crippen LogP contribution < -0.4 is 5.56 Å². The molecule has 26 heavy (non-hydrogen) atoms. The van der Waals surface area contributed by atoms with Gasteiger partial charge in [0.1, 0.15) is 12.4 Å². The maximum absolute atomic E-state index is 12.1. The highest BCUT2D eigenvalue weighted by atomic mass is 16.5. The van der Waals surface area contributed by atoms with E-state index in [-0.39, 0.29) is 23.6 Å². The number of methoxy groups -OCH3 is 1. The lowest BCUT2D eigenvalue weighted by Gasteiger charge is -2.07. The first kappa shape index (κ1) is 17.3. The Kier molecular flexibility index (Phi) is 4.79. The van der Waals surface area contributed by atoms with Crippen LogP contribution in [0.5, 0.6) is 0 Å². The highest BCUT2D eigenvalue weighted by molar-refractivity contribution is 5.93. The summed E-state index contributed by atoms with van der Waals surface area (Å²) in [7, 11) is 1.28. The summed E-state index contributed by atoms with van der Waals surface area (Å²) in [6, 6.07) is 11.2. The van der Waals surface area contributed by atoms with Gasteiger partial charge in [0.05, 0.1) is 29.1 Å². The fraction of sp³-hybridized carbons (Fsp3) is 0.158. The Morgan fingerprint density at radius 3 is 2.35 bits per heavy atom. The quantitative estimate of drug-likeness (QED) is 0.724. The molecule has 0 amide bonds. The Hall–Kier alpha value is -3.48. The van der Waals surface area contributed by atoms with Crippen LogP contribution >= 0.6 is 0 Å². The predicted molar refractivity (Wildman–Crippen MR) is 94.0 cm³/mol. The monoisotopic (exact) mass is 352 g/mol. The lowest BCUT2D eigenvalue weighted by atomic mass is 10.1. The molecule has 7 nitrogen and oxygen atoms in total. The summed E-state index contributed by atoms with van der Waals surface area (Å²) in [4.78, 5) is 42.6. The van der Waals surface area contributed by atoms with Gasteiger partial charge in [-0.05, 0) is 42.8 Å². The Morgan fingerprint density at radius 1 is 1.04 bits per heavy atom. The van der Waals surface area contributed by atoms with Gasteiger partial charge in [-0.1, -0.05) is 12.1 Å². The number of benzene rings is 2. The molecule has 3 aromatic rings. The first-order valence-electron chi connectivity index (χ1n) is 7.83. The molecule has 1 N–H and O–H groups in total. The van der Waals surface area contributed by atoms with Gasteiger partial charge < -0.3 is 14.5 Å². The van der Waals surface area contributed by atoms with E-state index < -0.39 is 11.9 Å². The minimum Gasteiger partial charge on any atom is -0.465 e. The molecule has 0 saturated carbocycles. The van der Waals surface area contributed by atoms with Gasteiger partial charge in [0.25, 0.3) is 5.56 Å². The summed E-state index contributed by atoms with van der Waals surface area (Å²) in [6.07, 6.45) is 0. The molecule has 0 bridgehead atoms. The summed E-state index contributed by atoms with van der Waals surface area (Å²) in [5.74, 6) is -0.816. The Bertz CT molecular complexity index is 1040. The zero-order chi connectivity index (χ0) is 18.7. The van der Waals surface area contributed by atoms with Gasteiger partial charge in [-0.15, -0.1) is 0 Å². The maximum atomic E-state index is 12.1. The van der Waals surface area contributed by atoms with E-state index in [1.54, 1.807) is 12.1 Å². The molecule has 132 valence electrons. The summed E-state index contributed by atoms with van der Waals surface area (Å²) in [5.41, 5.74) is 1.76. The lowest BCUT2D eigenvalue weighted by Crippen LogP contribution is -2.15. The number of aryl methyl sites for hydroxylation is 1. The molecule has 2 aromatic carbocycles. The highest BCUT2D eigenvalue weighted by Gasteiger charge is 2.12. The number of hydrogen-bond acceptors (Lipinski definition) is 6. The number of nitrogens with zero attached hydrogens (tertiary/aromatic N) is 1. The number of H-pyrrole nitrogens is 1. The highest BCUT2D eigenvalue weighted by Crippen LogP contribution is 2.13. The third kappa shape index (κ3) is 3.46. The summed E-state index contributed by atoms with van der Waals surface area (Å²) in [6.45, 7) is 1.69. The predicted octanol–water partition coefficient (Wildman–Crippen LogP) is 2.38. The molecule has 0 saturated heterocycles. The zero-order valence-corrected chi connectivity index (χ0v) is 14.2. The largest absolute Gasteiger partial charge is 0.465 e.